The Hall–Kier alpha value is -1.70. The van der Waals surface area contributed by atoms with Crippen molar-refractivity contribution in [2.45, 2.75) is 106 Å². The predicted molar refractivity (Wildman–Crippen MR) is 148 cm³/mol. The van der Waals surface area contributed by atoms with Gasteiger partial charge in [-0.05, 0) is 6.42 Å². The van der Waals surface area contributed by atoms with Crippen LogP contribution in [0.1, 0.15) is 71.1 Å². The van der Waals surface area contributed by atoms with Crippen molar-refractivity contribution >= 4 is 13.3 Å². The van der Waals surface area contributed by atoms with Crippen LogP contribution in [0.3, 0.4) is 0 Å². The van der Waals surface area contributed by atoms with Crippen LogP contribution < -0.4 is 9.47 Å². The molecule has 2 rings (SSSR count). The fourth-order valence-corrected chi connectivity index (χ4v) is 6.69. The molecule has 0 radical (unpaired) electrons. The van der Waals surface area contributed by atoms with Crippen LogP contribution in [0.15, 0.2) is 36.7 Å². The van der Waals surface area contributed by atoms with Crippen molar-refractivity contribution in [3.05, 3.63) is 36.7 Å². The Labute approximate surface area is 220 Å². The van der Waals surface area contributed by atoms with E-state index in [2.05, 4.69) is 27.2 Å². The number of rotatable bonds is 19. The number of alkyl halides is 2. The predicted octanol–water partition coefficient (Wildman–Crippen LogP) is 8.84. The van der Waals surface area contributed by atoms with E-state index in [0.29, 0.717) is 18.0 Å². The molecule has 0 saturated heterocycles. The molecule has 2 atom stereocenters. The van der Waals surface area contributed by atoms with E-state index in [1.54, 1.807) is 0 Å². The number of halogens is 2. The summed E-state index contributed by atoms with van der Waals surface area (Å²) >= 11 is -1.34. The minimum atomic E-state index is -1.64. The van der Waals surface area contributed by atoms with Gasteiger partial charge >= 0.3 is 116 Å². The van der Waals surface area contributed by atoms with Crippen molar-refractivity contribution in [2.24, 2.45) is 0 Å². The Kier molecular flexibility index (Phi) is 14.4. The second-order valence-electron chi connectivity index (χ2n) is 10.9. The monoisotopic (exact) mass is 566 g/mol. The summed E-state index contributed by atoms with van der Waals surface area (Å²) in [6, 6.07) is 7.70. The van der Waals surface area contributed by atoms with Crippen LogP contribution >= 0.6 is 0 Å². The van der Waals surface area contributed by atoms with E-state index in [9.17, 15) is 8.78 Å². The zero-order valence-corrected chi connectivity index (χ0v) is 24.9. The van der Waals surface area contributed by atoms with E-state index in [1.165, 1.54) is 49.8 Å². The Balaban J connectivity index is 1.64. The van der Waals surface area contributed by atoms with Gasteiger partial charge in [0, 0.05) is 5.56 Å². The fourth-order valence-electron chi connectivity index (χ4n) is 3.94. The van der Waals surface area contributed by atoms with E-state index >= 15 is 0 Å². The summed E-state index contributed by atoms with van der Waals surface area (Å²) in [4.78, 5) is 8.60. The average molecular weight is 565 g/mol. The van der Waals surface area contributed by atoms with Gasteiger partial charge in [-0.3, -0.25) is 0 Å². The van der Waals surface area contributed by atoms with Crippen molar-refractivity contribution in [1.29, 1.82) is 0 Å². The molecule has 1 aromatic heterocycles. The number of benzene rings is 1. The summed E-state index contributed by atoms with van der Waals surface area (Å²) in [5.74, 6) is 9.19. The maximum atomic E-state index is 14.0. The number of hydrogen-bond acceptors (Lipinski definition) is 4. The number of hydrogen-bond donors (Lipinski definition) is 0. The molecule has 4 nitrogen and oxygen atoms in total. The van der Waals surface area contributed by atoms with Gasteiger partial charge in [0.05, 0.1) is 12.4 Å². The first kappa shape index (κ1) is 30.5. The molecule has 0 saturated carbocycles. The van der Waals surface area contributed by atoms with Crippen LogP contribution in [0, 0.1) is 0 Å². The summed E-state index contributed by atoms with van der Waals surface area (Å²) in [6.07, 6.45) is 10.4. The van der Waals surface area contributed by atoms with Gasteiger partial charge in [0.25, 0.3) is 0 Å². The summed E-state index contributed by atoms with van der Waals surface area (Å²) in [7, 11) is 0. The van der Waals surface area contributed by atoms with Gasteiger partial charge in [-0.15, -0.1) is 0 Å². The topological polar surface area (TPSA) is 44.2 Å². The summed E-state index contributed by atoms with van der Waals surface area (Å²) in [6.45, 7) is 2.43. The van der Waals surface area contributed by atoms with Crippen LogP contribution in [-0.4, -0.2) is 48.8 Å². The Morgan fingerprint density at radius 1 is 0.750 bits per heavy atom. The van der Waals surface area contributed by atoms with Crippen LogP contribution in [0.5, 0.6) is 11.5 Å². The van der Waals surface area contributed by atoms with E-state index in [4.69, 9.17) is 9.47 Å². The maximum absolute atomic E-state index is 14.0. The van der Waals surface area contributed by atoms with E-state index in [0.717, 1.165) is 37.2 Å². The third-order valence-corrected chi connectivity index (χ3v) is 10.1. The molecule has 36 heavy (non-hydrogen) atoms. The first-order chi connectivity index (χ1) is 17.3. The Morgan fingerprint density at radius 3 is 2.03 bits per heavy atom. The van der Waals surface area contributed by atoms with Crippen molar-refractivity contribution in [1.82, 2.24) is 9.97 Å². The van der Waals surface area contributed by atoms with Crippen LogP contribution in [-0.2, 0) is 0 Å². The molecule has 1 heterocycles. The van der Waals surface area contributed by atoms with Gasteiger partial charge in [-0.25, -0.2) is 18.7 Å². The van der Waals surface area contributed by atoms with Gasteiger partial charge in [-0.1, -0.05) is 26.2 Å². The minimum Gasteiger partial charge on any atom is -0.233 e. The summed E-state index contributed by atoms with van der Waals surface area (Å²) < 4.78 is 39.0. The minimum absolute atomic E-state index is 0.229. The van der Waals surface area contributed by atoms with Crippen molar-refractivity contribution in [3.63, 3.8) is 0 Å². The van der Waals surface area contributed by atoms with E-state index < -0.39 is 25.6 Å². The smallest absolute Gasteiger partial charge is 0.233 e. The Bertz CT molecular complexity index is 829. The van der Waals surface area contributed by atoms with Crippen LogP contribution in [0.4, 0.5) is 8.78 Å². The van der Waals surface area contributed by atoms with Crippen LogP contribution in [0.2, 0.25) is 22.5 Å². The molecule has 0 fully saturated rings. The normalized spacial score (nSPS) is 13.4. The van der Waals surface area contributed by atoms with Gasteiger partial charge < -0.3 is 4.74 Å². The molecule has 2 aromatic rings. The van der Waals surface area contributed by atoms with Gasteiger partial charge in [0.1, 0.15) is 12.8 Å². The second-order valence-corrected chi connectivity index (χ2v) is 22.7. The van der Waals surface area contributed by atoms with Crippen molar-refractivity contribution in [3.8, 4) is 22.9 Å². The number of aromatic nitrogens is 2. The zero-order chi connectivity index (χ0) is 26.2. The third kappa shape index (κ3) is 13.0. The average Bonchev–Trinajstić information content (AvgIpc) is 2.86. The molecule has 0 unspecified atom stereocenters. The number of ether oxygens (including phenoxy) is 2. The summed E-state index contributed by atoms with van der Waals surface area (Å²) in [5.41, 5.74) is 0.858. The van der Waals surface area contributed by atoms with Crippen molar-refractivity contribution in [2.75, 3.05) is 13.2 Å². The molecule has 7 heteroatoms. The summed E-state index contributed by atoms with van der Waals surface area (Å²) in [5, 5.41) is 1.49. The molecule has 0 amide bonds. The number of unbranched alkanes of at least 4 members (excludes halogenated alkanes) is 7. The molecule has 0 aliphatic rings. The standard InChI is InChI=1S/C29H46F2GeN2O2/c1-5-6-11-14-27(30)28(31)23-36-26-21-33-29(34-22-26)24-15-17-25(18-16-24)35-20-13-10-8-7-9-12-19-32(2,3)4/h15-18,21-22,27-28H,5-14,19-20,23H2,1-4H3/t27-,28-/m1/s1. The van der Waals surface area contributed by atoms with Gasteiger partial charge in [-0.2, -0.15) is 0 Å². The zero-order valence-electron chi connectivity index (χ0n) is 22.8. The molecular weight excluding hydrogens is 519 g/mol. The first-order valence-electron chi connectivity index (χ1n) is 13.7. The third-order valence-electron chi connectivity index (χ3n) is 6.22. The first-order valence-corrected chi connectivity index (χ1v) is 21.5. The molecular formula is C29H46F2GeN2O2. The van der Waals surface area contributed by atoms with Gasteiger partial charge in [0.2, 0.25) is 0 Å². The molecule has 1 aromatic carbocycles. The quantitative estimate of drug-likeness (QED) is 0.126. The molecule has 0 N–H and O–H groups in total. The van der Waals surface area contributed by atoms with Gasteiger partial charge in [0.15, 0.2) is 17.7 Å². The van der Waals surface area contributed by atoms with Crippen molar-refractivity contribution < 1.29 is 18.3 Å². The molecule has 202 valence electrons. The van der Waals surface area contributed by atoms with Crippen LogP contribution in [0.25, 0.3) is 11.4 Å². The van der Waals surface area contributed by atoms with E-state index in [1.807, 2.05) is 31.2 Å². The molecule has 0 aliphatic carbocycles. The second kappa shape index (κ2) is 16.9. The fraction of sp³-hybridized carbons (Fsp3) is 0.655. The molecule has 0 aliphatic heterocycles. The number of nitrogens with zero attached hydrogens (tertiary/aromatic N) is 2. The SMILES string of the molecule is CCCCC[C@@H](F)[C@H](F)COc1cnc(-c2ccc(OCCCCCCC[CH2][Ge]([CH3])([CH3])[CH3])cc2)nc1. The van der Waals surface area contributed by atoms with E-state index in [-0.39, 0.29) is 13.0 Å². The Morgan fingerprint density at radius 2 is 1.39 bits per heavy atom. The molecule has 0 bridgehead atoms. The molecule has 0 spiro atoms.